The summed E-state index contributed by atoms with van der Waals surface area (Å²) in [6.45, 7) is 6.81. The SMILES string of the molecule is CC(=O)[O-].CC(=O)[O-].CC(=O)[O-].CC(=O)[O-].CC(=O)[O-].CC(=O)[O-].CC(=O)[O-].[Cr].[Cr].[Cr].[OH-].[OH-]. The standard InChI is InChI=1S/7C2H4O2.3Cr.2H2O/c7*1-2(3)4;;;;;/h7*1H3,(H,3,4);;;;2*1H2/p-9. The summed E-state index contributed by atoms with van der Waals surface area (Å²) >= 11 is 0. The van der Waals surface area contributed by atoms with E-state index in [4.69, 9.17) is 69.3 Å². The molecule has 33 heavy (non-hydrogen) atoms. The van der Waals surface area contributed by atoms with E-state index >= 15 is 0 Å². The minimum absolute atomic E-state index is 0. The van der Waals surface area contributed by atoms with Crippen LogP contribution >= 0.6 is 0 Å². The van der Waals surface area contributed by atoms with Crippen LogP contribution in [0.3, 0.4) is 0 Å². The Balaban J connectivity index is -0.0000000152. The number of carbonyl (C=O) groups excluding carboxylic acids is 7. The van der Waals surface area contributed by atoms with Gasteiger partial charge in [0.1, 0.15) is 0 Å². The molecule has 0 amide bonds. The normalized spacial score (nSPS) is 5.30. The molecule has 0 bridgehead atoms. The third kappa shape index (κ3) is 4790. The van der Waals surface area contributed by atoms with Crippen LogP contribution in [0.5, 0.6) is 0 Å². The van der Waals surface area contributed by atoms with Crippen molar-refractivity contribution in [2.24, 2.45) is 0 Å². The maximum atomic E-state index is 8.89. The monoisotopic (exact) mass is 603 g/mol. The Morgan fingerprint density at radius 3 is 0.303 bits per heavy atom. The third-order valence-electron chi connectivity index (χ3n) is 0. The van der Waals surface area contributed by atoms with E-state index in [1.165, 1.54) is 0 Å². The second kappa shape index (κ2) is 69.9. The zero-order valence-electron chi connectivity index (χ0n) is 18.3. The summed E-state index contributed by atoms with van der Waals surface area (Å²) in [4.78, 5) is 62.2. The fourth-order valence-electron chi connectivity index (χ4n) is 0. The average Bonchev–Trinajstić information content (AvgIpc) is 2.20. The number of carboxylic acid groups (broad SMARTS) is 7. The molecule has 0 atom stereocenters. The molecule has 0 fully saturated rings. The first-order valence-electron chi connectivity index (χ1n) is 6.36. The summed E-state index contributed by atoms with van der Waals surface area (Å²) < 4.78 is 0. The molecule has 0 aromatic rings. The van der Waals surface area contributed by atoms with E-state index < -0.39 is 41.8 Å². The van der Waals surface area contributed by atoms with E-state index in [0.717, 1.165) is 48.5 Å². The number of aliphatic carboxylic acids is 7. The van der Waals surface area contributed by atoms with Gasteiger partial charge in [-0.25, -0.2) is 0 Å². The first-order chi connectivity index (χ1) is 12.1. The number of hydrogen-bond acceptors (Lipinski definition) is 16. The summed E-state index contributed by atoms with van der Waals surface area (Å²) in [5.74, 6) is -7.58. The molecule has 16 nitrogen and oxygen atoms in total. The Hall–Kier alpha value is -2.19. The largest absolute Gasteiger partial charge is 0.870 e. The van der Waals surface area contributed by atoms with Crippen molar-refractivity contribution in [1.29, 1.82) is 0 Å². The maximum Gasteiger partial charge on any atom is 0.0383 e. The van der Waals surface area contributed by atoms with Crippen molar-refractivity contribution >= 4 is 41.8 Å². The van der Waals surface area contributed by atoms with Gasteiger partial charge >= 0.3 is 0 Å². The molecule has 0 aliphatic heterocycles. The van der Waals surface area contributed by atoms with Crippen molar-refractivity contribution in [2.75, 3.05) is 0 Å². The van der Waals surface area contributed by atoms with Crippen LogP contribution in [-0.2, 0) is 85.6 Å². The van der Waals surface area contributed by atoms with E-state index in [1.54, 1.807) is 0 Å². The molecular weight excluding hydrogens is 580 g/mol. The van der Waals surface area contributed by atoms with Crippen molar-refractivity contribution in [2.45, 2.75) is 48.5 Å². The van der Waals surface area contributed by atoms with Gasteiger partial charge in [0.25, 0.3) is 0 Å². The van der Waals surface area contributed by atoms with Gasteiger partial charge < -0.3 is 80.3 Å². The van der Waals surface area contributed by atoms with Gasteiger partial charge in [-0.2, -0.15) is 0 Å². The topological polar surface area (TPSA) is 341 Å². The van der Waals surface area contributed by atoms with Crippen LogP contribution in [0.2, 0.25) is 0 Å². The van der Waals surface area contributed by atoms with Gasteiger partial charge in [0.05, 0.1) is 0 Å². The van der Waals surface area contributed by atoms with E-state index in [9.17, 15) is 0 Å². The van der Waals surface area contributed by atoms with Crippen LogP contribution in [0.15, 0.2) is 0 Å². The van der Waals surface area contributed by atoms with E-state index in [0.29, 0.717) is 0 Å². The molecule has 0 aliphatic rings. The molecule has 0 aliphatic carbocycles. The molecule has 2 N–H and O–H groups in total. The minimum atomic E-state index is -1.08. The van der Waals surface area contributed by atoms with Gasteiger partial charge in [-0.15, -0.1) is 0 Å². The summed E-state index contributed by atoms with van der Waals surface area (Å²) in [6.07, 6.45) is 0. The Morgan fingerprint density at radius 1 is 0.303 bits per heavy atom. The molecular formula is C14H23Cr3O16-9. The summed E-state index contributed by atoms with van der Waals surface area (Å²) in [5, 5.41) is 62.2. The fraction of sp³-hybridized carbons (Fsp3) is 0.500. The maximum absolute atomic E-state index is 8.89. The van der Waals surface area contributed by atoms with Gasteiger partial charge in [0.2, 0.25) is 0 Å². The van der Waals surface area contributed by atoms with Crippen LogP contribution in [0.1, 0.15) is 48.5 Å². The zero-order valence-corrected chi connectivity index (χ0v) is 22.2. The Labute approximate surface area is 222 Å². The summed E-state index contributed by atoms with van der Waals surface area (Å²) in [5.41, 5.74) is 0. The van der Waals surface area contributed by atoms with Gasteiger partial charge in [-0.1, -0.05) is 0 Å². The van der Waals surface area contributed by atoms with Crippen LogP contribution in [0, 0.1) is 0 Å². The van der Waals surface area contributed by atoms with Crippen molar-refractivity contribution in [1.82, 2.24) is 0 Å². The predicted molar refractivity (Wildman–Crippen MR) is 78.6 cm³/mol. The molecule has 0 unspecified atom stereocenters. The number of rotatable bonds is 0. The number of hydrogen-bond donors (Lipinski definition) is 0. The zero-order chi connectivity index (χ0) is 25.0. The predicted octanol–water partition coefficient (Wildman–Crippen LogP) is -9.07. The molecule has 202 valence electrons. The molecule has 0 radical (unpaired) electrons. The van der Waals surface area contributed by atoms with E-state index in [-0.39, 0.29) is 63.0 Å². The molecule has 0 saturated heterocycles. The Morgan fingerprint density at radius 2 is 0.303 bits per heavy atom. The minimum Gasteiger partial charge on any atom is -0.870 e. The van der Waals surface area contributed by atoms with E-state index in [1.807, 2.05) is 0 Å². The van der Waals surface area contributed by atoms with Crippen LogP contribution in [-0.4, -0.2) is 52.7 Å². The van der Waals surface area contributed by atoms with Crippen molar-refractivity contribution in [3.05, 3.63) is 0 Å². The first kappa shape index (κ1) is 77.4. The van der Waals surface area contributed by atoms with Crippen molar-refractivity contribution < 1.29 is 132 Å². The molecule has 0 spiro atoms. The molecule has 0 aromatic carbocycles. The van der Waals surface area contributed by atoms with Gasteiger partial charge in [-0.05, 0) is 48.5 Å². The quantitative estimate of drug-likeness (QED) is 0.248. The van der Waals surface area contributed by atoms with Crippen LogP contribution in [0.25, 0.3) is 0 Å². The van der Waals surface area contributed by atoms with Gasteiger partial charge in [-0.3, -0.25) is 0 Å². The fourth-order valence-corrected chi connectivity index (χ4v) is 0. The Bertz CT molecular complexity index is 323. The van der Waals surface area contributed by atoms with Gasteiger partial charge in [0.15, 0.2) is 0 Å². The molecule has 0 heterocycles. The summed E-state index contributed by atoms with van der Waals surface area (Å²) in [6, 6.07) is 0. The third-order valence-corrected chi connectivity index (χ3v) is 0. The van der Waals surface area contributed by atoms with Gasteiger partial charge in [0, 0.05) is 93.9 Å². The first-order valence-corrected chi connectivity index (χ1v) is 6.36. The second-order valence-electron chi connectivity index (χ2n) is 3.44. The number of carbonyl (C=O) groups is 7. The average molecular weight is 603 g/mol. The van der Waals surface area contributed by atoms with Crippen LogP contribution in [0.4, 0.5) is 0 Å². The van der Waals surface area contributed by atoms with Crippen molar-refractivity contribution in [3.63, 3.8) is 0 Å². The molecule has 0 aromatic heterocycles. The molecule has 19 heteroatoms. The molecule has 0 saturated carbocycles. The van der Waals surface area contributed by atoms with E-state index in [2.05, 4.69) is 0 Å². The second-order valence-corrected chi connectivity index (χ2v) is 3.44. The summed E-state index contributed by atoms with van der Waals surface area (Å²) in [7, 11) is 0. The number of carboxylic acids is 7. The van der Waals surface area contributed by atoms with Crippen molar-refractivity contribution in [3.8, 4) is 0 Å². The Kier molecular flexibility index (Phi) is 164. The van der Waals surface area contributed by atoms with Crippen LogP contribution < -0.4 is 35.7 Å². The molecule has 0 rings (SSSR count). The smallest absolute Gasteiger partial charge is 0.0383 e.